The van der Waals surface area contributed by atoms with Gasteiger partial charge in [0.1, 0.15) is 12.2 Å². The van der Waals surface area contributed by atoms with Gasteiger partial charge in [-0.05, 0) is 0 Å². The van der Waals surface area contributed by atoms with Crippen molar-refractivity contribution in [1.29, 1.82) is 0 Å². The van der Waals surface area contributed by atoms with E-state index < -0.39 is 12.6 Å². The van der Waals surface area contributed by atoms with Crippen molar-refractivity contribution in [2.75, 3.05) is 0 Å². The van der Waals surface area contributed by atoms with Crippen molar-refractivity contribution in [3.8, 4) is 0 Å². The SMILES string of the molecule is Cn1cnnc1CCC(F)(F)F. The van der Waals surface area contributed by atoms with Crippen molar-refractivity contribution in [2.45, 2.75) is 19.0 Å². The molecule has 1 heterocycles. The Bertz CT molecular complexity index is 253. The zero-order valence-electron chi connectivity index (χ0n) is 6.47. The monoisotopic (exact) mass is 179 g/mol. The fourth-order valence-electron chi connectivity index (χ4n) is 0.787. The second-order valence-electron chi connectivity index (χ2n) is 2.47. The lowest BCUT2D eigenvalue weighted by atomic mass is 10.3. The van der Waals surface area contributed by atoms with Gasteiger partial charge in [-0.2, -0.15) is 13.2 Å². The highest BCUT2D eigenvalue weighted by Gasteiger charge is 2.27. The Kier molecular flexibility index (Phi) is 2.35. The maximum Gasteiger partial charge on any atom is 0.389 e. The molecule has 0 bridgehead atoms. The summed E-state index contributed by atoms with van der Waals surface area (Å²) in [6, 6.07) is 0. The van der Waals surface area contributed by atoms with Crippen LogP contribution in [0.15, 0.2) is 6.33 Å². The van der Waals surface area contributed by atoms with E-state index in [9.17, 15) is 13.2 Å². The van der Waals surface area contributed by atoms with E-state index in [1.54, 1.807) is 7.05 Å². The molecule has 0 spiro atoms. The van der Waals surface area contributed by atoms with Crippen LogP contribution in [0.4, 0.5) is 13.2 Å². The van der Waals surface area contributed by atoms with Gasteiger partial charge >= 0.3 is 6.18 Å². The summed E-state index contributed by atoms with van der Waals surface area (Å²) in [6.07, 6.45) is -3.70. The summed E-state index contributed by atoms with van der Waals surface area (Å²) in [6.45, 7) is 0. The smallest absolute Gasteiger partial charge is 0.321 e. The van der Waals surface area contributed by atoms with Crippen molar-refractivity contribution in [1.82, 2.24) is 14.8 Å². The Labute approximate surface area is 67.2 Å². The van der Waals surface area contributed by atoms with Crippen molar-refractivity contribution < 1.29 is 13.2 Å². The topological polar surface area (TPSA) is 30.7 Å². The van der Waals surface area contributed by atoms with Crippen LogP contribution in [0.3, 0.4) is 0 Å². The van der Waals surface area contributed by atoms with Crippen LogP contribution in [-0.4, -0.2) is 20.9 Å². The maximum atomic E-state index is 11.7. The van der Waals surface area contributed by atoms with Gasteiger partial charge in [0.05, 0.1) is 6.42 Å². The largest absolute Gasteiger partial charge is 0.389 e. The standard InChI is InChI=1S/C6H8F3N3/c1-12-4-10-11-5(12)2-3-6(7,8)9/h4H,2-3H2,1H3. The Morgan fingerprint density at radius 3 is 2.58 bits per heavy atom. The van der Waals surface area contributed by atoms with E-state index in [2.05, 4.69) is 10.2 Å². The minimum atomic E-state index is -4.12. The molecule has 0 radical (unpaired) electrons. The lowest BCUT2D eigenvalue weighted by molar-refractivity contribution is -0.134. The molecule has 0 aliphatic heterocycles. The summed E-state index contributed by atoms with van der Waals surface area (Å²) < 4.78 is 36.6. The van der Waals surface area contributed by atoms with Crippen LogP contribution in [0.2, 0.25) is 0 Å². The average molecular weight is 179 g/mol. The normalized spacial score (nSPS) is 12.0. The molecule has 0 atom stereocenters. The van der Waals surface area contributed by atoms with E-state index in [1.807, 2.05) is 0 Å². The summed E-state index contributed by atoms with van der Waals surface area (Å²) in [5, 5.41) is 7.00. The molecular formula is C6H8F3N3. The molecule has 0 saturated carbocycles. The van der Waals surface area contributed by atoms with E-state index in [0.29, 0.717) is 5.82 Å². The first-order chi connectivity index (χ1) is 5.49. The van der Waals surface area contributed by atoms with E-state index in [-0.39, 0.29) is 6.42 Å². The van der Waals surface area contributed by atoms with Crippen LogP contribution in [0.25, 0.3) is 0 Å². The molecule has 0 N–H and O–H groups in total. The molecule has 3 nitrogen and oxygen atoms in total. The maximum absolute atomic E-state index is 11.7. The second kappa shape index (κ2) is 3.12. The predicted molar refractivity (Wildman–Crippen MR) is 35.4 cm³/mol. The van der Waals surface area contributed by atoms with Gasteiger partial charge in [-0.25, -0.2) is 0 Å². The van der Waals surface area contributed by atoms with Crippen LogP contribution in [0.1, 0.15) is 12.2 Å². The van der Waals surface area contributed by atoms with Crippen LogP contribution < -0.4 is 0 Å². The predicted octanol–water partition coefficient (Wildman–Crippen LogP) is 1.31. The number of alkyl halides is 3. The highest BCUT2D eigenvalue weighted by molar-refractivity contribution is 4.84. The number of hydrogen-bond acceptors (Lipinski definition) is 2. The Morgan fingerprint density at radius 2 is 2.17 bits per heavy atom. The molecule has 1 rings (SSSR count). The number of aryl methyl sites for hydroxylation is 2. The number of halogens is 3. The van der Waals surface area contributed by atoms with E-state index in [1.165, 1.54) is 10.9 Å². The van der Waals surface area contributed by atoms with Crippen molar-refractivity contribution >= 4 is 0 Å². The quantitative estimate of drug-likeness (QED) is 0.685. The highest BCUT2D eigenvalue weighted by atomic mass is 19.4. The average Bonchev–Trinajstić information content (AvgIpc) is 2.29. The molecule has 0 fully saturated rings. The van der Waals surface area contributed by atoms with Crippen molar-refractivity contribution in [3.63, 3.8) is 0 Å². The van der Waals surface area contributed by atoms with Gasteiger partial charge in [0.2, 0.25) is 0 Å². The van der Waals surface area contributed by atoms with Crippen molar-refractivity contribution in [3.05, 3.63) is 12.2 Å². The minimum absolute atomic E-state index is 0.111. The molecule has 12 heavy (non-hydrogen) atoms. The van der Waals surface area contributed by atoms with Crippen LogP contribution in [-0.2, 0) is 13.5 Å². The Hall–Kier alpha value is -1.07. The molecule has 0 aliphatic rings. The third-order valence-corrected chi connectivity index (χ3v) is 1.44. The summed E-state index contributed by atoms with van der Waals surface area (Å²) in [4.78, 5) is 0. The molecule has 1 aromatic rings. The van der Waals surface area contributed by atoms with Gasteiger partial charge in [-0.1, -0.05) is 0 Å². The van der Waals surface area contributed by atoms with E-state index in [4.69, 9.17) is 0 Å². The molecule has 1 aromatic heterocycles. The van der Waals surface area contributed by atoms with E-state index in [0.717, 1.165) is 0 Å². The van der Waals surface area contributed by atoms with Gasteiger partial charge in [0.15, 0.2) is 0 Å². The summed E-state index contributed by atoms with van der Waals surface area (Å²) in [5.74, 6) is 0.354. The molecule has 0 aliphatic carbocycles. The molecule has 0 amide bonds. The lowest BCUT2D eigenvalue weighted by Gasteiger charge is -2.04. The molecular weight excluding hydrogens is 171 g/mol. The zero-order valence-corrected chi connectivity index (χ0v) is 6.47. The summed E-state index contributed by atoms with van der Waals surface area (Å²) >= 11 is 0. The van der Waals surface area contributed by atoms with E-state index >= 15 is 0 Å². The second-order valence-corrected chi connectivity index (χ2v) is 2.47. The first-order valence-corrected chi connectivity index (χ1v) is 3.38. The zero-order chi connectivity index (χ0) is 9.19. The van der Waals surface area contributed by atoms with Gasteiger partial charge in [0, 0.05) is 13.5 Å². The first kappa shape index (κ1) is 9.02. The van der Waals surface area contributed by atoms with Gasteiger partial charge in [-0.15, -0.1) is 10.2 Å². The number of aromatic nitrogens is 3. The third-order valence-electron chi connectivity index (χ3n) is 1.44. The van der Waals surface area contributed by atoms with Crippen LogP contribution >= 0.6 is 0 Å². The Balaban J connectivity index is 2.49. The van der Waals surface area contributed by atoms with Crippen molar-refractivity contribution in [2.24, 2.45) is 7.05 Å². The molecule has 6 heteroatoms. The summed E-state index contributed by atoms with van der Waals surface area (Å²) in [5.41, 5.74) is 0. The number of nitrogens with zero attached hydrogens (tertiary/aromatic N) is 3. The lowest BCUT2D eigenvalue weighted by Crippen LogP contribution is -2.10. The molecule has 0 unspecified atom stereocenters. The highest BCUT2D eigenvalue weighted by Crippen LogP contribution is 2.21. The van der Waals surface area contributed by atoms with Gasteiger partial charge in [-0.3, -0.25) is 0 Å². The first-order valence-electron chi connectivity index (χ1n) is 3.38. The molecule has 68 valence electrons. The molecule has 0 aromatic carbocycles. The van der Waals surface area contributed by atoms with Gasteiger partial charge < -0.3 is 4.57 Å². The fourth-order valence-corrected chi connectivity index (χ4v) is 0.787. The number of rotatable bonds is 2. The fraction of sp³-hybridized carbons (Fsp3) is 0.667. The van der Waals surface area contributed by atoms with Gasteiger partial charge in [0.25, 0.3) is 0 Å². The number of hydrogen-bond donors (Lipinski definition) is 0. The minimum Gasteiger partial charge on any atom is -0.321 e. The third kappa shape index (κ3) is 2.52. The van der Waals surface area contributed by atoms with Crippen LogP contribution in [0.5, 0.6) is 0 Å². The Morgan fingerprint density at radius 1 is 1.50 bits per heavy atom. The van der Waals surface area contributed by atoms with Crippen LogP contribution in [0, 0.1) is 0 Å². The molecule has 0 saturated heterocycles. The summed E-state index contributed by atoms with van der Waals surface area (Å²) in [7, 11) is 1.62.